The van der Waals surface area contributed by atoms with Crippen LogP contribution in [0.2, 0.25) is 0 Å². The molecular weight excluding hydrogens is 509 g/mol. The summed E-state index contributed by atoms with van der Waals surface area (Å²) < 4.78 is 68.3. The van der Waals surface area contributed by atoms with E-state index < -0.39 is 39.7 Å². The zero-order chi connectivity index (χ0) is 26.9. The van der Waals surface area contributed by atoms with Gasteiger partial charge in [0.15, 0.2) is 9.84 Å². The quantitative estimate of drug-likeness (QED) is 0.310. The molecule has 198 valence electrons. The molecule has 3 rings (SSSR count). The maximum Gasteiger partial charge on any atom is 0.490 e. The Kier molecular flexibility index (Phi) is 10.1. The first-order chi connectivity index (χ1) is 16.9. The van der Waals surface area contributed by atoms with Crippen LogP contribution in [0.3, 0.4) is 0 Å². The van der Waals surface area contributed by atoms with Crippen LogP contribution in [0.1, 0.15) is 6.42 Å². The Balaban J connectivity index is 0.000000572. The van der Waals surface area contributed by atoms with E-state index in [-0.39, 0.29) is 10.6 Å². The summed E-state index contributed by atoms with van der Waals surface area (Å²) in [6.07, 6.45) is -4.61. The van der Waals surface area contributed by atoms with Gasteiger partial charge in [-0.15, -0.1) is 0 Å². The first kappa shape index (κ1) is 28.9. The Bertz CT molecular complexity index is 1140. The largest absolute Gasteiger partial charge is 0.497 e. The molecule has 0 bridgehead atoms. The number of methoxy groups -OCH3 is 1. The third-order valence-electron chi connectivity index (χ3n) is 5.19. The molecule has 0 unspecified atom stereocenters. The third kappa shape index (κ3) is 8.39. The number of carboxylic acid groups (broad SMARTS) is 1. The number of carbonyl (C=O) groups is 2. The van der Waals surface area contributed by atoms with Gasteiger partial charge in [0.2, 0.25) is 5.91 Å². The van der Waals surface area contributed by atoms with E-state index in [1.54, 1.807) is 49.0 Å². The number of nitrogens with one attached hydrogen (secondary N) is 2. The van der Waals surface area contributed by atoms with Crippen molar-refractivity contribution in [2.24, 2.45) is 11.8 Å². The van der Waals surface area contributed by atoms with Crippen molar-refractivity contribution in [3.05, 3.63) is 48.5 Å². The molecule has 14 heteroatoms. The fourth-order valence-corrected chi connectivity index (χ4v) is 5.08. The second-order valence-corrected chi connectivity index (χ2v) is 9.71. The number of ether oxygens (including phenoxy) is 2. The topological polar surface area (TPSA) is 151 Å². The van der Waals surface area contributed by atoms with Crippen LogP contribution < -0.4 is 20.3 Å². The highest BCUT2D eigenvalue weighted by atomic mass is 32.2. The van der Waals surface area contributed by atoms with Gasteiger partial charge in [-0.05, 0) is 61.8 Å². The van der Waals surface area contributed by atoms with E-state index in [0.717, 1.165) is 0 Å². The zero-order valence-corrected chi connectivity index (χ0v) is 19.8. The number of carboxylic acids is 1. The lowest BCUT2D eigenvalue weighted by Crippen LogP contribution is -2.46. The minimum atomic E-state index is -5.08. The number of piperidine rings is 1. The molecule has 0 saturated carbocycles. The van der Waals surface area contributed by atoms with Gasteiger partial charge >= 0.3 is 12.1 Å². The predicted octanol–water partition coefficient (Wildman–Crippen LogP) is 2.63. The fraction of sp³-hybridized carbons (Fsp3) is 0.364. The highest BCUT2D eigenvalue weighted by Crippen LogP contribution is 2.28. The second-order valence-electron chi connectivity index (χ2n) is 7.67. The van der Waals surface area contributed by atoms with Gasteiger partial charge in [0.1, 0.15) is 17.2 Å². The summed E-state index contributed by atoms with van der Waals surface area (Å²) in [5.41, 5.74) is 1.64. The molecule has 36 heavy (non-hydrogen) atoms. The molecule has 2 aromatic carbocycles. The number of sulfone groups is 1. The molecule has 0 aliphatic carbocycles. The molecule has 0 aromatic heterocycles. The lowest BCUT2D eigenvalue weighted by molar-refractivity contribution is -0.192. The lowest BCUT2D eigenvalue weighted by atomic mass is 9.87. The Morgan fingerprint density at radius 2 is 1.72 bits per heavy atom. The maximum absolute atomic E-state index is 12.8. The van der Waals surface area contributed by atoms with Gasteiger partial charge in [-0.3, -0.25) is 10.0 Å². The monoisotopic (exact) mass is 534 g/mol. The number of benzene rings is 2. The standard InChI is InChI=1S/C20H24N2O6S.C2HF3O2/c1-27-16-3-2-4-17(11-16)28-15-5-7-18(8-6-15)29(25,26)13-14-12-21-10-9-19(14)20(23)22-24;3-2(4,5)1(6)7/h2-8,11,14,19,21,24H,9-10,12-13H2,1H3,(H,22,23);(H,6,7)/t14-,19-;/m0./s1. The number of hydrogen-bond acceptors (Lipinski definition) is 8. The van der Waals surface area contributed by atoms with Crippen LogP contribution in [0.25, 0.3) is 0 Å². The molecular formula is C22H25F3N2O8S. The van der Waals surface area contributed by atoms with Crippen LogP contribution >= 0.6 is 0 Å². The van der Waals surface area contributed by atoms with E-state index in [2.05, 4.69) is 5.32 Å². The predicted molar refractivity (Wildman–Crippen MR) is 120 cm³/mol. The summed E-state index contributed by atoms with van der Waals surface area (Å²) in [6.45, 7) is 0.999. The van der Waals surface area contributed by atoms with Crippen molar-refractivity contribution in [3.63, 3.8) is 0 Å². The lowest BCUT2D eigenvalue weighted by Gasteiger charge is -2.30. The van der Waals surface area contributed by atoms with Gasteiger partial charge in [0.05, 0.1) is 17.8 Å². The highest BCUT2D eigenvalue weighted by Gasteiger charge is 2.38. The molecule has 2 aromatic rings. The number of alkyl halides is 3. The molecule has 1 fully saturated rings. The smallest absolute Gasteiger partial charge is 0.490 e. The number of amides is 1. The van der Waals surface area contributed by atoms with Crippen molar-refractivity contribution < 1.29 is 51.0 Å². The molecule has 1 saturated heterocycles. The van der Waals surface area contributed by atoms with Crippen molar-refractivity contribution in [2.75, 3.05) is 26.0 Å². The molecule has 10 nitrogen and oxygen atoms in total. The SMILES string of the molecule is COc1cccc(Oc2ccc(S(=O)(=O)C[C@@H]3CNCC[C@@H]3C(=O)NO)cc2)c1.O=C(O)C(F)(F)F. The van der Waals surface area contributed by atoms with E-state index in [4.69, 9.17) is 24.6 Å². The molecule has 2 atom stereocenters. The Morgan fingerprint density at radius 1 is 1.11 bits per heavy atom. The minimum Gasteiger partial charge on any atom is -0.497 e. The van der Waals surface area contributed by atoms with Crippen molar-refractivity contribution >= 4 is 21.7 Å². The van der Waals surface area contributed by atoms with Gasteiger partial charge in [0, 0.05) is 12.0 Å². The molecule has 1 heterocycles. The van der Waals surface area contributed by atoms with Crippen LogP contribution in [0, 0.1) is 11.8 Å². The average molecular weight is 535 g/mol. The van der Waals surface area contributed by atoms with Crippen LogP contribution in [0.4, 0.5) is 13.2 Å². The summed E-state index contributed by atoms with van der Waals surface area (Å²) in [5, 5.41) is 19.1. The molecule has 1 aliphatic heterocycles. The molecule has 0 spiro atoms. The number of carbonyl (C=O) groups excluding carboxylic acids is 1. The molecule has 0 radical (unpaired) electrons. The van der Waals surface area contributed by atoms with E-state index >= 15 is 0 Å². The first-order valence-electron chi connectivity index (χ1n) is 10.5. The van der Waals surface area contributed by atoms with Crippen LogP contribution in [-0.2, 0) is 19.4 Å². The normalized spacial score (nSPS) is 17.8. The molecule has 4 N–H and O–H groups in total. The maximum atomic E-state index is 12.8. The number of hydroxylamine groups is 1. The minimum absolute atomic E-state index is 0.157. The first-order valence-corrected chi connectivity index (χ1v) is 12.1. The summed E-state index contributed by atoms with van der Waals surface area (Å²) in [7, 11) is -2.05. The number of hydrogen-bond donors (Lipinski definition) is 4. The Hall–Kier alpha value is -3.36. The van der Waals surface area contributed by atoms with Crippen molar-refractivity contribution in [3.8, 4) is 17.2 Å². The molecule has 1 amide bonds. The van der Waals surface area contributed by atoms with E-state index in [1.165, 1.54) is 12.1 Å². The Morgan fingerprint density at radius 3 is 2.28 bits per heavy atom. The van der Waals surface area contributed by atoms with E-state index in [1.807, 2.05) is 0 Å². The summed E-state index contributed by atoms with van der Waals surface area (Å²) in [5.74, 6) is -2.74. The van der Waals surface area contributed by atoms with Crippen molar-refractivity contribution in [1.29, 1.82) is 0 Å². The molecule has 1 aliphatic rings. The van der Waals surface area contributed by atoms with Gasteiger partial charge < -0.3 is 19.9 Å². The summed E-state index contributed by atoms with van der Waals surface area (Å²) in [6, 6.07) is 13.2. The average Bonchev–Trinajstić information content (AvgIpc) is 2.84. The van der Waals surface area contributed by atoms with E-state index in [9.17, 15) is 26.4 Å². The van der Waals surface area contributed by atoms with Crippen LogP contribution in [-0.4, -0.2) is 62.7 Å². The fourth-order valence-electron chi connectivity index (χ4n) is 3.42. The van der Waals surface area contributed by atoms with Gasteiger partial charge in [-0.2, -0.15) is 13.2 Å². The van der Waals surface area contributed by atoms with Crippen LogP contribution in [0.15, 0.2) is 53.4 Å². The van der Waals surface area contributed by atoms with Gasteiger partial charge in [-0.1, -0.05) is 6.07 Å². The zero-order valence-electron chi connectivity index (χ0n) is 19.0. The summed E-state index contributed by atoms with van der Waals surface area (Å²) >= 11 is 0. The second kappa shape index (κ2) is 12.6. The van der Waals surface area contributed by atoms with Gasteiger partial charge in [-0.25, -0.2) is 18.7 Å². The summed E-state index contributed by atoms with van der Waals surface area (Å²) in [4.78, 5) is 20.9. The highest BCUT2D eigenvalue weighted by molar-refractivity contribution is 7.91. The number of halogens is 3. The van der Waals surface area contributed by atoms with Crippen LogP contribution in [0.5, 0.6) is 17.2 Å². The third-order valence-corrected chi connectivity index (χ3v) is 7.05. The van der Waals surface area contributed by atoms with Gasteiger partial charge in [0.25, 0.3) is 0 Å². The Labute approximate surface area is 204 Å². The number of rotatable bonds is 7. The van der Waals surface area contributed by atoms with E-state index in [0.29, 0.717) is 36.8 Å². The van der Waals surface area contributed by atoms with Crippen molar-refractivity contribution in [2.45, 2.75) is 17.5 Å². The number of aliphatic carboxylic acids is 1. The van der Waals surface area contributed by atoms with Crippen molar-refractivity contribution in [1.82, 2.24) is 10.8 Å².